The van der Waals surface area contributed by atoms with Crippen molar-refractivity contribution in [3.8, 4) is 0 Å². The summed E-state index contributed by atoms with van der Waals surface area (Å²) in [7, 11) is 0. The number of pyridine rings is 1. The fourth-order valence-corrected chi connectivity index (χ4v) is 1.08. The van der Waals surface area contributed by atoms with Gasteiger partial charge in [-0.3, -0.25) is 4.98 Å². The zero-order valence-electron chi connectivity index (χ0n) is 9.20. The summed E-state index contributed by atoms with van der Waals surface area (Å²) >= 11 is 0. The average molecular weight is 206 g/mol. The first-order chi connectivity index (χ1) is 7.22. The fraction of sp³-hybridized carbons (Fsp3) is 0.417. The van der Waals surface area contributed by atoms with E-state index in [-0.39, 0.29) is 0 Å². The van der Waals surface area contributed by atoms with Crippen LogP contribution in [-0.4, -0.2) is 11.6 Å². The summed E-state index contributed by atoms with van der Waals surface area (Å²) in [6, 6.07) is 3.92. The number of nitrogens with two attached hydrogens (primary N) is 1. The molecule has 0 spiro atoms. The number of aromatic nitrogens is 1. The minimum atomic E-state index is 0.532. The number of hydrogen-bond donors (Lipinski definition) is 1. The Morgan fingerprint density at radius 1 is 1.53 bits per heavy atom. The van der Waals surface area contributed by atoms with Gasteiger partial charge in [0, 0.05) is 12.7 Å². The van der Waals surface area contributed by atoms with Crippen LogP contribution in [0.3, 0.4) is 0 Å². The Morgan fingerprint density at radius 3 is 2.87 bits per heavy atom. The average Bonchev–Trinajstić information content (AvgIpc) is 2.25. The molecule has 82 valence electrons. The molecule has 1 aromatic heterocycles. The minimum Gasteiger partial charge on any atom is -0.375 e. The lowest BCUT2D eigenvalue weighted by Gasteiger charge is -2.04. The molecule has 1 aromatic rings. The van der Waals surface area contributed by atoms with Gasteiger partial charge in [0.05, 0.1) is 18.9 Å². The molecule has 0 aliphatic rings. The normalized spacial score (nSPS) is 10.3. The Balaban J connectivity index is 2.28. The Labute approximate surface area is 91.0 Å². The summed E-state index contributed by atoms with van der Waals surface area (Å²) in [6.07, 6.45) is 2.69. The van der Waals surface area contributed by atoms with Crippen molar-refractivity contribution >= 4 is 0 Å². The molecule has 0 saturated carbocycles. The molecule has 0 atom stereocenters. The van der Waals surface area contributed by atoms with Gasteiger partial charge in [0.1, 0.15) is 0 Å². The third-order valence-electron chi connectivity index (χ3n) is 2.04. The molecule has 0 saturated heterocycles. The highest BCUT2D eigenvalue weighted by atomic mass is 16.5. The maximum atomic E-state index is 5.47. The van der Waals surface area contributed by atoms with Crippen LogP contribution in [0.15, 0.2) is 30.5 Å². The van der Waals surface area contributed by atoms with Crippen molar-refractivity contribution < 1.29 is 4.74 Å². The lowest BCUT2D eigenvalue weighted by Crippen LogP contribution is -2.00. The monoisotopic (exact) mass is 206 g/mol. The van der Waals surface area contributed by atoms with Crippen LogP contribution in [0.5, 0.6) is 0 Å². The second kappa shape index (κ2) is 6.32. The van der Waals surface area contributed by atoms with Crippen LogP contribution in [0, 0.1) is 0 Å². The zero-order valence-corrected chi connectivity index (χ0v) is 9.20. The van der Waals surface area contributed by atoms with Crippen molar-refractivity contribution in [2.24, 2.45) is 5.73 Å². The van der Waals surface area contributed by atoms with Gasteiger partial charge in [-0.15, -0.1) is 6.58 Å². The van der Waals surface area contributed by atoms with Crippen molar-refractivity contribution in [2.75, 3.05) is 6.61 Å². The number of rotatable bonds is 6. The van der Waals surface area contributed by atoms with Gasteiger partial charge in [-0.2, -0.15) is 0 Å². The maximum Gasteiger partial charge on any atom is 0.0887 e. The first kappa shape index (κ1) is 11.9. The standard InChI is InChI=1S/C12H18N2O/c1-10(2)5-6-15-9-12-4-3-11(7-13)8-14-12/h3-4,8H,1,5-7,9,13H2,2H3. The molecule has 0 aromatic carbocycles. The van der Waals surface area contributed by atoms with E-state index < -0.39 is 0 Å². The Kier molecular flexibility index (Phi) is 5.01. The molecular weight excluding hydrogens is 188 g/mol. The molecular formula is C12H18N2O. The van der Waals surface area contributed by atoms with E-state index in [9.17, 15) is 0 Å². The van der Waals surface area contributed by atoms with E-state index in [1.165, 1.54) is 0 Å². The fourth-order valence-electron chi connectivity index (χ4n) is 1.08. The van der Waals surface area contributed by atoms with E-state index in [0.29, 0.717) is 19.8 Å². The lowest BCUT2D eigenvalue weighted by molar-refractivity contribution is 0.121. The van der Waals surface area contributed by atoms with Gasteiger partial charge < -0.3 is 10.5 Å². The lowest BCUT2D eigenvalue weighted by atomic mass is 10.2. The molecule has 1 heterocycles. The Bertz CT molecular complexity index is 306. The van der Waals surface area contributed by atoms with Gasteiger partial charge in [0.2, 0.25) is 0 Å². The van der Waals surface area contributed by atoms with Crippen molar-refractivity contribution in [1.29, 1.82) is 0 Å². The molecule has 0 fully saturated rings. The summed E-state index contributed by atoms with van der Waals surface area (Å²) in [5.41, 5.74) is 8.60. The van der Waals surface area contributed by atoms with Gasteiger partial charge in [-0.1, -0.05) is 11.6 Å². The summed E-state index contributed by atoms with van der Waals surface area (Å²) < 4.78 is 5.45. The molecule has 0 aliphatic carbocycles. The van der Waals surface area contributed by atoms with E-state index in [2.05, 4.69) is 11.6 Å². The quantitative estimate of drug-likeness (QED) is 0.572. The van der Waals surface area contributed by atoms with E-state index in [1.54, 1.807) is 6.20 Å². The zero-order chi connectivity index (χ0) is 11.1. The third-order valence-corrected chi connectivity index (χ3v) is 2.04. The van der Waals surface area contributed by atoms with Gasteiger partial charge in [-0.25, -0.2) is 0 Å². The molecule has 0 amide bonds. The molecule has 3 heteroatoms. The molecule has 2 N–H and O–H groups in total. The summed E-state index contributed by atoms with van der Waals surface area (Å²) in [6.45, 7) is 7.60. The van der Waals surface area contributed by atoms with Crippen molar-refractivity contribution in [1.82, 2.24) is 4.98 Å². The van der Waals surface area contributed by atoms with E-state index >= 15 is 0 Å². The van der Waals surface area contributed by atoms with E-state index in [4.69, 9.17) is 10.5 Å². The number of hydrogen-bond acceptors (Lipinski definition) is 3. The maximum absolute atomic E-state index is 5.47. The van der Waals surface area contributed by atoms with Gasteiger partial charge >= 0.3 is 0 Å². The van der Waals surface area contributed by atoms with Crippen LogP contribution < -0.4 is 5.73 Å². The topological polar surface area (TPSA) is 48.1 Å². The predicted octanol–water partition coefficient (Wildman–Crippen LogP) is 2.02. The first-order valence-corrected chi connectivity index (χ1v) is 5.08. The SMILES string of the molecule is C=C(C)CCOCc1ccc(CN)cn1. The second-order valence-corrected chi connectivity index (χ2v) is 3.62. The van der Waals surface area contributed by atoms with E-state index in [0.717, 1.165) is 23.3 Å². The first-order valence-electron chi connectivity index (χ1n) is 5.08. The highest BCUT2D eigenvalue weighted by molar-refractivity contribution is 5.13. The van der Waals surface area contributed by atoms with Crippen molar-refractivity contribution in [3.05, 3.63) is 41.7 Å². The van der Waals surface area contributed by atoms with Crippen LogP contribution in [0.4, 0.5) is 0 Å². The third kappa shape index (κ3) is 4.72. The van der Waals surface area contributed by atoms with Gasteiger partial charge in [-0.05, 0) is 25.0 Å². The second-order valence-electron chi connectivity index (χ2n) is 3.62. The summed E-state index contributed by atoms with van der Waals surface area (Å²) in [5.74, 6) is 0. The molecule has 15 heavy (non-hydrogen) atoms. The van der Waals surface area contributed by atoms with Crippen LogP contribution in [0.25, 0.3) is 0 Å². The summed E-state index contributed by atoms with van der Waals surface area (Å²) in [5, 5.41) is 0. The molecule has 0 radical (unpaired) electrons. The van der Waals surface area contributed by atoms with Crippen LogP contribution in [0.2, 0.25) is 0 Å². The molecule has 0 bridgehead atoms. The molecule has 3 nitrogen and oxygen atoms in total. The van der Waals surface area contributed by atoms with Gasteiger partial charge in [0.15, 0.2) is 0 Å². The number of nitrogens with zero attached hydrogens (tertiary/aromatic N) is 1. The molecule has 1 rings (SSSR count). The van der Waals surface area contributed by atoms with Crippen LogP contribution in [0.1, 0.15) is 24.6 Å². The predicted molar refractivity (Wildman–Crippen MR) is 61.2 cm³/mol. The Hall–Kier alpha value is -1.19. The van der Waals surface area contributed by atoms with Crippen molar-refractivity contribution in [2.45, 2.75) is 26.5 Å². The van der Waals surface area contributed by atoms with E-state index in [1.807, 2.05) is 19.1 Å². The largest absolute Gasteiger partial charge is 0.375 e. The Morgan fingerprint density at radius 2 is 2.33 bits per heavy atom. The molecule has 0 aliphatic heterocycles. The minimum absolute atomic E-state index is 0.532. The van der Waals surface area contributed by atoms with Crippen LogP contribution >= 0.6 is 0 Å². The van der Waals surface area contributed by atoms with Crippen molar-refractivity contribution in [3.63, 3.8) is 0 Å². The highest BCUT2D eigenvalue weighted by Gasteiger charge is 1.95. The van der Waals surface area contributed by atoms with Gasteiger partial charge in [0.25, 0.3) is 0 Å². The summed E-state index contributed by atoms with van der Waals surface area (Å²) in [4.78, 5) is 4.24. The molecule has 0 unspecified atom stereocenters. The van der Waals surface area contributed by atoms with Crippen LogP contribution in [-0.2, 0) is 17.9 Å². The smallest absolute Gasteiger partial charge is 0.0887 e. The number of ether oxygens (including phenoxy) is 1. The highest BCUT2D eigenvalue weighted by Crippen LogP contribution is 2.02.